The van der Waals surface area contributed by atoms with Crippen LogP contribution in [0.5, 0.6) is 5.75 Å². The van der Waals surface area contributed by atoms with Gasteiger partial charge in [0.1, 0.15) is 12.4 Å². The summed E-state index contributed by atoms with van der Waals surface area (Å²) in [6, 6.07) is 14.7. The fourth-order valence-electron chi connectivity index (χ4n) is 3.50. The molecule has 162 valence electrons. The van der Waals surface area contributed by atoms with E-state index in [4.69, 9.17) is 16.3 Å². The minimum Gasteiger partial charge on any atom is -0.490 e. The van der Waals surface area contributed by atoms with E-state index in [0.29, 0.717) is 49.9 Å². The number of para-hydroxylation sites is 1. The number of hydrogen-bond donors (Lipinski definition) is 1. The maximum absolute atomic E-state index is 12.8. The van der Waals surface area contributed by atoms with Gasteiger partial charge in [0.15, 0.2) is 0 Å². The maximum Gasteiger partial charge on any atom is 0.223 e. The Hall–Kier alpha value is -2.09. The summed E-state index contributed by atoms with van der Waals surface area (Å²) in [5, 5.41) is 3.40. The zero-order chi connectivity index (χ0) is 21.6. The highest BCUT2D eigenvalue weighted by atomic mass is 35.5. The predicted molar refractivity (Wildman–Crippen MR) is 118 cm³/mol. The number of amides is 1. The Labute approximate surface area is 183 Å². The molecule has 0 aromatic heterocycles. The number of carbonyl (C=O) groups excluding carboxylic acids is 1. The normalized spacial score (nSPS) is 15.7. The number of rotatable bonds is 8. The lowest BCUT2D eigenvalue weighted by Crippen LogP contribution is -2.44. The number of piperidine rings is 1. The smallest absolute Gasteiger partial charge is 0.223 e. The summed E-state index contributed by atoms with van der Waals surface area (Å²) in [5.74, 6) is 0.333. The van der Waals surface area contributed by atoms with Crippen LogP contribution in [-0.2, 0) is 20.6 Å². The lowest BCUT2D eigenvalue weighted by atomic mass is 9.97. The van der Waals surface area contributed by atoms with Gasteiger partial charge in [-0.25, -0.2) is 12.7 Å². The van der Waals surface area contributed by atoms with Crippen LogP contribution in [0.1, 0.15) is 24.0 Å². The van der Waals surface area contributed by atoms with Gasteiger partial charge in [-0.2, -0.15) is 0 Å². The van der Waals surface area contributed by atoms with Crippen LogP contribution in [0.3, 0.4) is 0 Å². The van der Waals surface area contributed by atoms with Gasteiger partial charge < -0.3 is 10.1 Å². The average Bonchev–Trinajstić information content (AvgIpc) is 2.74. The molecule has 0 aliphatic carbocycles. The Morgan fingerprint density at radius 2 is 1.80 bits per heavy atom. The molecule has 30 heavy (non-hydrogen) atoms. The molecule has 1 aliphatic heterocycles. The molecule has 0 bridgehead atoms. The van der Waals surface area contributed by atoms with Crippen molar-refractivity contribution in [2.24, 2.45) is 5.92 Å². The second-order valence-electron chi connectivity index (χ2n) is 7.43. The first-order valence-corrected chi connectivity index (χ1v) is 12.0. The van der Waals surface area contributed by atoms with Gasteiger partial charge in [-0.3, -0.25) is 4.79 Å². The molecule has 2 aromatic rings. The molecule has 6 nitrogen and oxygen atoms in total. The van der Waals surface area contributed by atoms with Gasteiger partial charge in [-0.1, -0.05) is 48.0 Å². The van der Waals surface area contributed by atoms with Crippen molar-refractivity contribution in [2.75, 3.05) is 26.2 Å². The number of carbonyl (C=O) groups is 1. The minimum atomic E-state index is -3.39. The Morgan fingerprint density at radius 1 is 1.13 bits per heavy atom. The van der Waals surface area contributed by atoms with E-state index >= 15 is 0 Å². The van der Waals surface area contributed by atoms with Gasteiger partial charge in [-0.05, 0) is 43.0 Å². The van der Waals surface area contributed by atoms with Crippen molar-refractivity contribution in [1.82, 2.24) is 9.62 Å². The van der Waals surface area contributed by atoms with Crippen molar-refractivity contribution in [3.63, 3.8) is 0 Å². The molecule has 1 heterocycles. The quantitative estimate of drug-likeness (QED) is 0.625. The number of halogens is 1. The maximum atomic E-state index is 12.8. The minimum absolute atomic E-state index is 0.00405. The summed E-state index contributed by atoms with van der Waals surface area (Å²) in [7, 11) is -3.39. The molecule has 0 radical (unpaired) electrons. The van der Waals surface area contributed by atoms with Crippen molar-refractivity contribution in [2.45, 2.75) is 25.5 Å². The molecule has 2 aromatic carbocycles. The molecule has 0 saturated carbocycles. The lowest BCUT2D eigenvalue weighted by molar-refractivity contribution is -0.126. The largest absolute Gasteiger partial charge is 0.490 e. The number of hydrogen-bond acceptors (Lipinski definition) is 4. The summed E-state index contributed by atoms with van der Waals surface area (Å²) in [4.78, 5) is 12.4. The highest BCUT2D eigenvalue weighted by molar-refractivity contribution is 7.88. The van der Waals surface area contributed by atoms with Crippen LogP contribution in [0.2, 0.25) is 5.02 Å². The molecule has 1 N–H and O–H groups in total. The highest BCUT2D eigenvalue weighted by Crippen LogP contribution is 2.24. The van der Waals surface area contributed by atoms with Crippen LogP contribution in [0.15, 0.2) is 48.5 Å². The van der Waals surface area contributed by atoms with Crippen LogP contribution in [0.4, 0.5) is 0 Å². The third-order valence-corrected chi connectivity index (χ3v) is 7.45. The second-order valence-corrected chi connectivity index (χ2v) is 9.80. The number of ether oxygens (including phenoxy) is 1. The summed E-state index contributed by atoms with van der Waals surface area (Å²) >= 11 is 6.03. The predicted octanol–water partition coefficient (Wildman–Crippen LogP) is 3.39. The summed E-state index contributed by atoms with van der Waals surface area (Å²) < 4.78 is 32.6. The van der Waals surface area contributed by atoms with E-state index in [9.17, 15) is 13.2 Å². The zero-order valence-corrected chi connectivity index (χ0v) is 18.6. The Morgan fingerprint density at radius 3 is 2.50 bits per heavy atom. The SMILES string of the molecule is Cc1ccccc1CS(=O)(=O)N1CCC(C(=O)NCCOc2ccccc2Cl)CC1. The zero-order valence-electron chi connectivity index (χ0n) is 17.0. The molecule has 0 unspecified atom stereocenters. The molecular formula is C22H27ClN2O4S. The van der Waals surface area contributed by atoms with Crippen molar-refractivity contribution in [3.8, 4) is 5.75 Å². The fraction of sp³-hybridized carbons (Fsp3) is 0.409. The molecule has 1 saturated heterocycles. The first-order chi connectivity index (χ1) is 14.4. The van der Waals surface area contributed by atoms with Crippen LogP contribution in [0.25, 0.3) is 0 Å². The molecule has 8 heteroatoms. The van der Waals surface area contributed by atoms with Gasteiger partial charge in [0.2, 0.25) is 15.9 Å². The van der Waals surface area contributed by atoms with Gasteiger partial charge in [0.05, 0.1) is 17.3 Å². The van der Waals surface area contributed by atoms with Crippen molar-refractivity contribution in [1.29, 1.82) is 0 Å². The highest BCUT2D eigenvalue weighted by Gasteiger charge is 2.31. The Bertz CT molecular complexity index is 973. The Kier molecular flexibility index (Phi) is 7.75. The van der Waals surface area contributed by atoms with Crippen molar-refractivity contribution in [3.05, 3.63) is 64.7 Å². The van der Waals surface area contributed by atoms with E-state index in [1.165, 1.54) is 4.31 Å². The van der Waals surface area contributed by atoms with Crippen LogP contribution < -0.4 is 10.1 Å². The average molecular weight is 451 g/mol. The summed E-state index contributed by atoms with van der Waals surface area (Å²) in [6.07, 6.45) is 1.04. The van der Waals surface area contributed by atoms with E-state index in [2.05, 4.69) is 5.32 Å². The van der Waals surface area contributed by atoms with E-state index in [-0.39, 0.29) is 17.6 Å². The molecule has 1 amide bonds. The van der Waals surface area contributed by atoms with E-state index < -0.39 is 10.0 Å². The van der Waals surface area contributed by atoms with Gasteiger partial charge in [-0.15, -0.1) is 0 Å². The van der Waals surface area contributed by atoms with Crippen molar-refractivity contribution >= 4 is 27.5 Å². The number of nitrogens with one attached hydrogen (secondary N) is 1. The lowest BCUT2D eigenvalue weighted by Gasteiger charge is -2.30. The summed E-state index contributed by atoms with van der Waals surface area (Å²) in [5.41, 5.74) is 1.78. The van der Waals surface area contributed by atoms with E-state index in [1.807, 2.05) is 43.3 Å². The molecule has 0 atom stereocenters. The molecule has 1 fully saturated rings. The molecule has 3 rings (SSSR count). The first kappa shape index (κ1) is 22.6. The summed E-state index contributed by atoms with van der Waals surface area (Å²) in [6.45, 7) is 3.33. The van der Waals surface area contributed by atoms with Crippen LogP contribution in [0, 0.1) is 12.8 Å². The van der Waals surface area contributed by atoms with Crippen LogP contribution >= 0.6 is 11.6 Å². The number of aryl methyl sites for hydroxylation is 1. The third kappa shape index (κ3) is 5.97. The van der Waals surface area contributed by atoms with Gasteiger partial charge in [0, 0.05) is 19.0 Å². The van der Waals surface area contributed by atoms with E-state index in [1.54, 1.807) is 12.1 Å². The molecular weight excluding hydrogens is 424 g/mol. The monoisotopic (exact) mass is 450 g/mol. The fourth-order valence-corrected chi connectivity index (χ4v) is 5.35. The van der Waals surface area contributed by atoms with Gasteiger partial charge in [0.25, 0.3) is 0 Å². The number of benzene rings is 2. The second kappa shape index (κ2) is 10.3. The standard InChI is InChI=1S/C22H27ClN2O4S/c1-17-6-2-3-7-19(17)16-30(27,28)25-13-10-18(11-14-25)22(26)24-12-15-29-21-9-5-4-8-20(21)23/h2-9,18H,10-16H2,1H3,(H,24,26). The number of nitrogens with zero attached hydrogens (tertiary/aromatic N) is 1. The number of sulfonamides is 1. The molecule has 0 spiro atoms. The molecule has 1 aliphatic rings. The first-order valence-electron chi connectivity index (χ1n) is 10.0. The third-order valence-electron chi connectivity index (χ3n) is 5.31. The van der Waals surface area contributed by atoms with Gasteiger partial charge >= 0.3 is 0 Å². The van der Waals surface area contributed by atoms with Crippen molar-refractivity contribution < 1.29 is 17.9 Å². The van der Waals surface area contributed by atoms with Crippen LogP contribution in [-0.4, -0.2) is 44.9 Å². The topological polar surface area (TPSA) is 75.7 Å². The Balaban J connectivity index is 1.42. The van der Waals surface area contributed by atoms with E-state index in [0.717, 1.165) is 11.1 Å².